The van der Waals surface area contributed by atoms with Crippen molar-refractivity contribution in [2.45, 2.75) is 20.0 Å². The molecule has 0 saturated carbocycles. The van der Waals surface area contributed by atoms with Crippen molar-refractivity contribution in [2.24, 2.45) is 0 Å². The van der Waals surface area contributed by atoms with Crippen LogP contribution >= 0.6 is 11.6 Å². The van der Waals surface area contributed by atoms with Gasteiger partial charge in [0.25, 0.3) is 5.91 Å². The van der Waals surface area contributed by atoms with Gasteiger partial charge in [0.05, 0.1) is 13.2 Å². The molecule has 0 radical (unpaired) electrons. The topological polar surface area (TPSA) is 73.7 Å². The molecule has 7 heteroatoms. The Labute approximate surface area is 197 Å². The number of nitrogens with zero attached hydrogens (tertiary/aromatic N) is 2. The molecule has 4 rings (SSSR count). The standard InChI is InChI=1S/C26H24ClN3O3/c1-2-33-25(28)19-9-7-18(8-10-19)15-30-23-6-4-3-5-21(23)16-29(17-24(30)31)26(32)20-11-13-22(27)14-12-20/h3-14,28H,2,15-17H2,1H3. The molecular formula is C26H24ClN3O3. The number of carbonyl (C=O) groups excluding carboxylic acids is 2. The van der Waals surface area contributed by atoms with Crippen molar-refractivity contribution in [3.8, 4) is 0 Å². The number of halogens is 1. The summed E-state index contributed by atoms with van der Waals surface area (Å²) in [5.41, 5.74) is 3.79. The number of hydrogen-bond donors (Lipinski definition) is 1. The number of ether oxygens (including phenoxy) is 1. The molecule has 3 aromatic rings. The second-order valence-corrected chi connectivity index (χ2v) is 8.17. The zero-order valence-electron chi connectivity index (χ0n) is 18.3. The van der Waals surface area contributed by atoms with Crippen LogP contribution in [0.1, 0.15) is 34.0 Å². The highest BCUT2D eigenvalue weighted by atomic mass is 35.5. The van der Waals surface area contributed by atoms with Crippen molar-refractivity contribution >= 4 is 35.0 Å². The van der Waals surface area contributed by atoms with E-state index in [9.17, 15) is 9.59 Å². The van der Waals surface area contributed by atoms with E-state index in [1.807, 2.05) is 55.5 Å². The molecule has 6 nitrogen and oxygen atoms in total. The van der Waals surface area contributed by atoms with E-state index in [4.69, 9.17) is 21.7 Å². The molecule has 3 aromatic carbocycles. The van der Waals surface area contributed by atoms with Crippen molar-refractivity contribution in [1.82, 2.24) is 4.90 Å². The van der Waals surface area contributed by atoms with Crippen LogP contribution in [0.2, 0.25) is 5.02 Å². The number of rotatable bonds is 5. The predicted octanol–water partition coefficient (Wildman–Crippen LogP) is 4.89. The number of hydrogen-bond acceptors (Lipinski definition) is 4. The van der Waals surface area contributed by atoms with Crippen LogP contribution in [0.15, 0.2) is 72.8 Å². The van der Waals surface area contributed by atoms with Crippen molar-refractivity contribution in [3.63, 3.8) is 0 Å². The van der Waals surface area contributed by atoms with Crippen molar-refractivity contribution in [2.75, 3.05) is 18.1 Å². The summed E-state index contributed by atoms with van der Waals surface area (Å²) in [5.74, 6) is -0.250. The van der Waals surface area contributed by atoms with E-state index >= 15 is 0 Å². The summed E-state index contributed by atoms with van der Waals surface area (Å²) in [5, 5.41) is 8.48. The van der Waals surface area contributed by atoms with Gasteiger partial charge in [0.15, 0.2) is 0 Å². The molecule has 1 aliphatic rings. The first kappa shape index (κ1) is 22.6. The van der Waals surface area contributed by atoms with Crippen LogP contribution < -0.4 is 4.90 Å². The minimum Gasteiger partial charge on any atom is -0.478 e. The van der Waals surface area contributed by atoms with Crippen LogP contribution in [0.5, 0.6) is 0 Å². The summed E-state index contributed by atoms with van der Waals surface area (Å²) < 4.78 is 5.25. The van der Waals surface area contributed by atoms with Gasteiger partial charge < -0.3 is 14.5 Å². The molecule has 1 heterocycles. The second kappa shape index (κ2) is 9.88. The predicted molar refractivity (Wildman–Crippen MR) is 129 cm³/mol. The SMILES string of the molecule is CCOC(=N)c1ccc(CN2C(=O)CN(C(=O)c3ccc(Cl)cc3)Cc3ccccc32)cc1. The third kappa shape index (κ3) is 5.07. The van der Waals surface area contributed by atoms with E-state index in [0.717, 1.165) is 16.8 Å². The zero-order valence-corrected chi connectivity index (χ0v) is 19.0. The molecule has 0 atom stereocenters. The average Bonchev–Trinajstić information content (AvgIpc) is 2.96. The van der Waals surface area contributed by atoms with E-state index in [-0.39, 0.29) is 24.3 Å². The third-order valence-electron chi connectivity index (χ3n) is 5.49. The lowest BCUT2D eigenvalue weighted by Crippen LogP contribution is -2.39. The molecule has 0 bridgehead atoms. The Morgan fingerprint density at radius 2 is 1.64 bits per heavy atom. The van der Waals surface area contributed by atoms with Crippen LogP contribution in [0.3, 0.4) is 0 Å². The van der Waals surface area contributed by atoms with Gasteiger partial charge in [-0.05, 0) is 60.5 Å². The Morgan fingerprint density at radius 3 is 2.33 bits per heavy atom. The Balaban J connectivity index is 1.59. The number of benzene rings is 3. The maximum Gasteiger partial charge on any atom is 0.254 e. The lowest BCUT2D eigenvalue weighted by molar-refractivity contribution is -0.119. The minimum atomic E-state index is -0.213. The normalized spacial score (nSPS) is 13.3. The first-order valence-corrected chi connectivity index (χ1v) is 11.1. The summed E-state index contributed by atoms with van der Waals surface area (Å²) in [6.07, 6.45) is 0. The van der Waals surface area contributed by atoms with Gasteiger partial charge >= 0.3 is 0 Å². The molecule has 0 aliphatic carbocycles. The number of anilines is 1. The lowest BCUT2D eigenvalue weighted by atomic mass is 10.1. The van der Waals surface area contributed by atoms with Crippen LogP contribution in [0, 0.1) is 5.41 Å². The van der Waals surface area contributed by atoms with Gasteiger partial charge in [-0.1, -0.05) is 41.9 Å². The Bertz CT molecular complexity index is 1180. The fraction of sp³-hybridized carbons (Fsp3) is 0.192. The first-order chi connectivity index (χ1) is 16.0. The molecular weight excluding hydrogens is 438 g/mol. The summed E-state index contributed by atoms with van der Waals surface area (Å²) >= 11 is 5.95. The molecule has 0 fully saturated rings. The van der Waals surface area contributed by atoms with Crippen LogP contribution in [0.25, 0.3) is 0 Å². The highest BCUT2D eigenvalue weighted by Crippen LogP contribution is 2.28. The van der Waals surface area contributed by atoms with E-state index in [0.29, 0.717) is 35.8 Å². The van der Waals surface area contributed by atoms with Gasteiger partial charge in [-0.2, -0.15) is 0 Å². The smallest absolute Gasteiger partial charge is 0.254 e. The minimum absolute atomic E-state index is 0.0246. The van der Waals surface area contributed by atoms with Crippen LogP contribution in [-0.2, 0) is 22.6 Å². The Kier molecular flexibility index (Phi) is 6.75. The highest BCUT2D eigenvalue weighted by Gasteiger charge is 2.29. The molecule has 2 amide bonds. The van der Waals surface area contributed by atoms with Crippen molar-refractivity contribution in [3.05, 3.63) is 100 Å². The molecule has 0 aromatic heterocycles. The summed E-state index contributed by atoms with van der Waals surface area (Å²) in [7, 11) is 0. The van der Waals surface area contributed by atoms with E-state index in [1.54, 1.807) is 34.1 Å². The molecule has 1 N–H and O–H groups in total. The molecule has 33 heavy (non-hydrogen) atoms. The number of para-hydroxylation sites is 1. The zero-order chi connectivity index (χ0) is 23.4. The monoisotopic (exact) mass is 461 g/mol. The maximum absolute atomic E-state index is 13.3. The fourth-order valence-electron chi connectivity index (χ4n) is 3.82. The highest BCUT2D eigenvalue weighted by molar-refractivity contribution is 6.30. The first-order valence-electron chi connectivity index (χ1n) is 10.7. The van der Waals surface area contributed by atoms with E-state index < -0.39 is 0 Å². The number of amides is 2. The summed E-state index contributed by atoms with van der Waals surface area (Å²) in [6.45, 7) is 2.95. The van der Waals surface area contributed by atoms with E-state index in [1.165, 1.54) is 0 Å². The summed E-state index contributed by atoms with van der Waals surface area (Å²) in [6, 6.07) is 21.7. The van der Waals surface area contributed by atoms with Crippen LogP contribution in [-0.4, -0.2) is 35.8 Å². The van der Waals surface area contributed by atoms with Gasteiger partial charge in [0, 0.05) is 28.4 Å². The van der Waals surface area contributed by atoms with E-state index in [2.05, 4.69) is 0 Å². The van der Waals surface area contributed by atoms with Crippen molar-refractivity contribution in [1.29, 1.82) is 5.41 Å². The molecule has 1 aliphatic heterocycles. The number of nitrogens with one attached hydrogen (secondary N) is 1. The van der Waals surface area contributed by atoms with Gasteiger partial charge in [-0.25, -0.2) is 0 Å². The van der Waals surface area contributed by atoms with Gasteiger partial charge in [0.1, 0.15) is 6.54 Å². The molecule has 168 valence electrons. The number of carbonyl (C=O) groups is 2. The molecule has 0 spiro atoms. The maximum atomic E-state index is 13.3. The molecule has 0 saturated heterocycles. The molecule has 0 unspecified atom stereocenters. The second-order valence-electron chi connectivity index (χ2n) is 7.74. The average molecular weight is 462 g/mol. The van der Waals surface area contributed by atoms with Crippen LogP contribution in [0.4, 0.5) is 5.69 Å². The quantitative estimate of drug-likeness (QED) is 0.434. The largest absolute Gasteiger partial charge is 0.478 e. The van der Waals surface area contributed by atoms with Gasteiger partial charge in [-0.3, -0.25) is 15.0 Å². The Hall–Kier alpha value is -3.64. The summed E-state index contributed by atoms with van der Waals surface area (Å²) in [4.78, 5) is 29.7. The fourth-order valence-corrected chi connectivity index (χ4v) is 3.94. The van der Waals surface area contributed by atoms with Crippen molar-refractivity contribution < 1.29 is 14.3 Å². The van der Waals surface area contributed by atoms with Gasteiger partial charge in [0.2, 0.25) is 11.8 Å². The van der Waals surface area contributed by atoms with Gasteiger partial charge in [-0.15, -0.1) is 0 Å². The lowest BCUT2D eigenvalue weighted by Gasteiger charge is -2.23. The third-order valence-corrected chi connectivity index (χ3v) is 5.75. The Morgan fingerprint density at radius 1 is 0.970 bits per heavy atom. The number of fused-ring (bicyclic) bond motifs is 1.